The van der Waals surface area contributed by atoms with Gasteiger partial charge in [-0.15, -0.1) is 0 Å². The van der Waals surface area contributed by atoms with Crippen molar-refractivity contribution in [2.75, 3.05) is 25.0 Å². The Balaban J connectivity index is 1.52. The number of carbonyl (C=O) groups is 1. The first-order valence-electron chi connectivity index (χ1n) is 9.06. The molecule has 1 aliphatic heterocycles. The fourth-order valence-corrected chi connectivity index (χ4v) is 3.52. The van der Waals surface area contributed by atoms with Gasteiger partial charge in [0.15, 0.2) is 17.5 Å². The largest absolute Gasteiger partial charge is 0.367 e. The molecule has 0 bridgehead atoms. The van der Waals surface area contributed by atoms with E-state index < -0.39 is 5.82 Å². The molecule has 7 nitrogen and oxygen atoms in total. The first kappa shape index (κ1) is 17.4. The summed E-state index contributed by atoms with van der Waals surface area (Å²) < 4.78 is 14.2. The van der Waals surface area contributed by atoms with Crippen molar-refractivity contribution in [2.24, 2.45) is 5.92 Å². The van der Waals surface area contributed by atoms with E-state index in [-0.39, 0.29) is 17.6 Å². The number of nitrogens with zero attached hydrogens (tertiary/aromatic N) is 4. The third kappa shape index (κ3) is 3.60. The lowest BCUT2D eigenvalue weighted by Gasteiger charge is -2.32. The second kappa shape index (κ2) is 7.30. The van der Waals surface area contributed by atoms with Crippen LogP contribution < -0.4 is 5.32 Å². The molecule has 1 saturated heterocycles. The smallest absolute Gasteiger partial charge is 0.219 e. The Hall–Kier alpha value is -3.03. The van der Waals surface area contributed by atoms with Gasteiger partial charge in [-0.1, -0.05) is 0 Å². The van der Waals surface area contributed by atoms with E-state index in [4.69, 9.17) is 0 Å². The number of H-pyrrole nitrogens is 1. The van der Waals surface area contributed by atoms with Gasteiger partial charge < -0.3 is 15.2 Å². The molecule has 8 heteroatoms. The monoisotopic (exact) mass is 368 g/mol. The number of pyridine rings is 1. The number of fused-ring (bicyclic) bond motifs is 1. The standard InChI is InChI=1S/C19H21FN6O/c1-12(27)26-7-3-4-13(11-26)8-22-19-16(20)10-24-18(25-19)15-9-23-17-14(15)5-2-6-21-17/h2,5-6,9-10,13H,3-4,7-8,11H2,1H3,(H,21,23)(H,22,24,25). The van der Waals surface area contributed by atoms with Crippen LogP contribution in [0.4, 0.5) is 10.2 Å². The molecule has 140 valence electrons. The predicted molar refractivity (Wildman–Crippen MR) is 101 cm³/mol. The van der Waals surface area contributed by atoms with Gasteiger partial charge in [0, 0.05) is 49.9 Å². The van der Waals surface area contributed by atoms with Crippen LogP contribution in [0.5, 0.6) is 0 Å². The summed E-state index contributed by atoms with van der Waals surface area (Å²) in [6.45, 7) is 3.64. The molecular formula is C19H21FN6O. The lowest BCUT2D eigenvalue weighted by atomic mass is 9.98. The Kier molecular flexibility index (Phi) is 4.70. The van der Waals surface area contributed by atoms with Gasteiger partial charge in [0.05, 0.1) is 6.20 Å². The molecule has 0 radical (unpaired) electrons. The second-order valence-corrected chi connectivity index (χ2v) is 6.85. The van der Waals surface area contributed by atoms with E-state index in [0.717, 1.165) is 36.0 Å². The maximum atomic E-state index is 14.2. The van der Waals surface area contributed by atoms with Crippen molar-refractivity contribution in [2.45, 2.75) is 19.8 Å². The highest BCUT2D eigenvalue weighted by Gasteiger charge is 2.22. The van der Waals surface area contributed by atoms with Crippen LogP contribution in [0.25, 0.3) is 22.4 Å². The van der Waals surface area contributed by atoms with Crippen molar-refractivity contribution in [3.8, 4) is 11.4 Å². The number of hydrogen-bond donors (Lipinski definition) is 2. The zero-order valence-corrected chi connectivity index (χ0v) is 15.1. The first-order chi connectivity index (χ1) is 13.1. The number of rotatable bonds is 4. The predicted octanol–water partition coefficient (Wildman–Crippen LogP) is 2.83. The molecule has 0 spiro atoms. The molecule has 2 N–H and O–H groups in total. The number of nitrogens with one attached hydrogen (secondary N) is 2. The third-order valence-electron chi connectivity index (χ3n) is 4.96. The van der Waals surface area contributed by atoms with Crippen molar-refractivity contribution in [3.05, 3.63) is 36.5 Å². The summed E-state index contributed by atoms with van der Waals surface area (Å²) in [7, 11) is 0. The molecule has 27 heavy (non-hydrogen) atoms. The summed E-state index contributed by atoms with van der Waals surface area (Å²) in [6.07, 6.45) is 6.63. The van der Waals surface area contributed by atoms with E-state index in [1.807, 2.05) is 17.0 Å². The average molecular weight is 368 g/mol. The molecule has 1 aliphatic rings. The zero-order chi connectivity index (χ0) is 18.8. The summed E-state index contributed by atoms with van der Waals surface area (Å²) >= 11 is 0. The number of likely N-dealkylation sites (tertiary alicyclic amines) is 1. The van der Waals surface area contributed by atoms with Gasteiger partial charge in [-0.3, -0.25) is 4.79 Å². The minimum absolute atomic E-state index is 0.0862. The number of amides is 1. The molecule has 1 fully saturated rings. The average Bonchev–Trinajstić information content (AvgIpc) is 3.12. The summed E-state index contributed by atoms with van der Waals surface area (Å²) in [6, 6.07) is 3.76. The molecule has 3 aromatic heterocycles. The topological polar surface area (TPSA) is 86.8 Å². The number of aromatic nitrogens is 4. The van der Waals surface area contributed by atoms with Crippen LogP contribution in [0.2, 0.25) is 0 Å². The van der Waals surface area contributed by atoms with E-state index in [9.17, 15) is 9.18 Å². The summed E-state index contributed by atoms with van der Waals surface area (Å²) in [4.78, 5) is 29.3. The maximum absolute atomic E-state index is 14.2. The van der Waals surface area contributed by atoms with Crippen molar-refractivity contribution in [1.29, 1.82) is 0 Å². The second-order valence-electron chi connectivity index (χ2n) is 6.85. The molecule has 3 aromatic rings. The third-order valence-corrected chi connectivity index (χ3v) is 4.96. The zero-order valence-electron chi connectivity index (χ0n) is 15.1. The summed E-state index contributed by atoms with van der Waals surface area (Å²) in [5.74, 6) is 0.488. The normalized spacial score (nSPS) is 17.3. The molecule has 0 aromatic carbocycles. The summed E-state index contributed by atoms with van der Waals surface area (Å²) in [5, 5.41) is 3.99. The minimum atomic E-state index is -0.490. The van der Waals surface area contributed by atoms with Crippen LogP contribution in [-0.2, 0) is 4.79 Å². The van der Waals surface area contributed by atoms with Crippen LogP contribution in [-0.4, -0.2) is 50.4 Å². The van der Waals surface area contributed by atoms with Crippen molar-refractivity contribution >= 4 is 22.8 Å². The highest BCUT2D eigenvalue weighted by atomic mass is 19.1. The molecule has 1 amide bonds. The lowest BCUT2D eigenvalue weighted by Crippen LogP contribution is -2.40. The fourth-order valence-electron chi connectivity index (χ4n) is 3.52. The molecule has 0 aliphatic carbocycles. The molecule has 4 heterocycles. The van der Waals surface area contributed by atoms with Crippen LogP contribution >= 0.6 is 0 Å². The maximum Gasteiger partial charge on any atom is 0.219 e. The SMILES string of the molecule is CC(=O)N1CCCC(CNc2nc(-c3c[nH]c4ncccc34)ncc2F)C1. The number of halogens is 1. The number of hydrogen-bond acceptors (Lipinski definition) is 5. The van der Waals surface area contributed by atoms with E-state index in [1.54, 1.807) is 19.3 Å². The van der Waals surface area contributed by atoms with Crippen LogP contribution in [0.15, 0.2) is 30.7 Å². The van der Waals surface area contributed by atoms with Gasteiger partial charge in [-0.2, -0.15) is 0 Å². The van der Waals surface area contributed by atoms with Crippen molar-refractivity contribution in [3.63, 3.8) is 0 Å². The summed E-state index contributed by atoms with van der Waals surface area (Å²) in [5.41, 5.74) is 1.52. The van der Waals surface area contributed by atoms with Crippen LogP contribution in [0.3, 0.4) is 0 Å². The molecule has 4 rings (SSSR count). The number of carbonyl (C=O) groups excluding carboxylic acids is 1. The van der Waals surface area contributed by atoms with Gasteiger partial charge in [0.2, 0.25) is 5.91 Å². The Morgan fingerprint density at radius 3 is 3.19 bits per heavy atom. The Labute approximate surface area is 156 Å². The first-order valence-corrected chi connectivity index (χ1v) is 9.06. The Morgan fingerprint density at radius 2 is 2.33 bits per heavy atom. The highest BCUT2D eigenvalue weighted by molar-refractivity contribution is 5.91. The van der Waals surface area contributed by atoms with E-state index in [2.05, 4.69) is 25.3 Å². The quantitative estimate of drug-likeness (QED) is 0.739. The van der Waals surface area contributed by atoms with Gasteiger partial charge in [0.25, 0.3) is 0 Å². The van der Waals surface area contributed by atoms with Crippen molar-refractivity contribution in [1.82, 2.24) is 24.8 Å². The van der Waals surface area contributed by atoms with E-state index in [1.165, 1.54) is 6.20 Å². The van der Waals surface area contributed by atoms with E-state index in [0.29, 0.717) is 18.9 Å². The molecule has 1 unspecified atom stereocenters. The number of piperidine rings is 1. The highest BCUT2D eigenvalue weighted by Crippen LogP contribution is 2.26. The van der Waals surface area contributed by atoms with Gasteiger partial charge in [0.1, 0.15) is 5.65 Å². The van der Waals surface area contributed by atoms with Gasteiger partial charge >= 0.3 is 0 Å². The molecule has 1 atom stereocenters. The fraction of sp³-hybridized carbons (Fsp3) is 0.368. The number of anilines is 1. The van der Waals surface area contributed by atoms with Crippen LogP contribution in [0.1, 0.15) is 19.8 Å². The Morgan fingerprint density at radius 1 is 1.44 bits per heavy atom. The minimum Gasteiger partial charge on any atom is -0.367 e. The Bertz CT molecular complexity index is 972. The number of aromatic amines is 1. The van der Waals surface area contributed by atoms with E-state index >= 15 is 0 Å². The lowest BCUT2D eigenvalue weighted by molar-refractivity contribution is -0.130. The molecule has 0 saturated carbocycles. The van der Waals surface area contributed by atoms with Crippen molar-refractivity contribution < 1.29 is 9.18 Å². The van der Waals surface area contributed by atoms with Crippen LogP contribution in [0, 0.1) is 11.7 Å². The van der Waals surface area contributed by atoms with Gasteiger partial charge in [-0.05, 0) is 30.9 Å². The van der Waals surface area contributed by atoms with Gasteiger partial charge in [-0.25, -0.2) is 19.3 Å². The molecular weight excluding hydrogens is 347 g/mol.